The molecule has 3 atom stereocenters. The van der Waals surface area contributed by atoms with E-state index in [4.69, 9.17) is 9.47 Å². The molecule has 2 aromatic carbocycles. The van der Waals surface area contributed by atoms with Gasteiger partial charge in [-0.2, -0.15) is 0 Å². The third-order valence-corrected chi connectivity index (χ3v) is 3.81. The van der Waals surface area contributed by atoms with Crippen LogP contribution in [0.25, 0.3) is 11.1 Å². The van der Waals surface area contributed by atoms with Crippen LogP contribution in [-0.2, 0) is 9.47 Å². The van der Waals surface area contributed by atoms with Crippen molar-refractivity contribution in [1.29, 1.82) is 0 Å². The number of ether oxygens (including phenoxy) is 2. The predicted molar refractivity (Wildman–Crippen MR) is 83.7 cm³/mol. The van der Waals surface area contributed by atoms with Crippen molar-refractivity contribution < 1.29 is 24.5 Å². The summed E-state index contributed by atoms with van der Waals surface area (Å²) in [6.45, 7) is -0.0858. The quantitative estimate of drug-likeness (QED) is 0.844. The molecule has 0 aromatic heterocycles. The molecule has 2 N–H and O–H groups in total. The molecule has 0 aliphatic carbocycles. The maximum absolute atomic E-state index is 12.0. The summed E-state index contributed by atoms with van der Waals surface area (Å²) < 4.78 is 10.2. The number of rotatable bonds is 4. The van der Waals surface area contributed by atoms with Gasteiger partial charge in [0.1, 0.15) is 12.7 Å². The minimum atomic E-state index is -1.00. The lowest BCUT2D eigenvalue weighted by Gasteiger charge is -2.14. The van der Waals surface area contributed by atoms with Crippen LogP contribution in [0.2, 0.25) is 0 Å². The molecule has 1 fully saturated rings. The van der Waals surface area contributed by atoms with Crippen molar-refractivity contribution in [3.63, 3.8) is 0 Å². The first-order valence-corrected chi connectivity index (χ1v) is 7.47. The molecule has 2 aromatic rings. The second kappa shape index (κ2) is 6.91. The fraction of sp³-hybridized carbons (Fsp3) is 0.278. The molecule has 0 saturated carbocycles. The Kier molecular flexibility index (Phi) is 4.71. The van der Waals surface area contributed by atoms with Crippen LogP contribution in [0.5, 0.6) is 0 Å². The van der Waals surface area contributed by atoms with E-state index in [0.717, 1.165) is 11.1 Å². The Hall–Kier alpha value is -2.21. The number of benzene rings is 2. The van der Waals surface area contributed by atoms with Crippen LogP contribution in [0.15, 0.2) is 54.6 Å². The van der Waals surface area contributed by atoms with Gasteiger partial charge in [0.15, 0.2) is 6.29 Å². The normalized spacial score (nSPS) is 23.7. The average molecular weight is 314 g/mol. The molecule has 1 aliphatic rings. The Bertz CT molecular complexity index is 653. The van der Waals surface area contributed by atoms with Crippen LogP contribution in [0.4, 0.5) is 0 Å². The van der Waals surface area contributed by atoms with Gasteiger partial charge in [-0.05, 0) is 23.3 Å². The van der Waals surface area contributed by atoms with E-state index in [1.165, 1.54) is 0 Å². The average Bonchev–Trinajstić information content (AvgIpc) is 2.91. The van der Waals surface area contributed by atoms with Gasteiger partial charge in [0.2, 0.25) is 0 Å². The summed E-state index contributed by atoms with van der Waals surface area (Å²) in [5.41, 5.74) is 2.52. The Morgan fingerprint density at radius 3 is 2.30 bits per heavy atom. The van der Waals surface area contributed by atoms with Gasteiger partial charge in [0.05, 0.1) is 11.7 Å². The lowest BCUT2D eigenvalue weighted by Crippen LogP contribution is -2.28. The fourth-order valence-corrected chi connectivity index (χ4v) is 2.53. The Morgan fingerprint density at radius 2 is 1.70 bits per heavy atom. The first-order chi connectivity index (χ1) is 11.1. The molecule has 5 heteroatoms. The summed E-state index contributed by atoms with van der Waals surface area (Å²) in [7, 11) is 0. The van der Waals surface area contributed by atoms with Crippen LogP contribution in [0.3, 0.4) is 0 Å². The number of aliphatic hydroxyl groups is 2. The van der Waals surface area contributed by atoms with Crippen LogP contribution >= 0.6 is 0 Å². The number of esters is 1. The van der Waals surface area contributed by atoms with Crippen molar-refractivity contribution in [2.45, 2.75) is 24.9 Å². The van der Waals surface area contributed by atoms with Gasteiger partial charge >= 0.3 is 5.97 Å². The van der Waals surface area contributed by atoms with Crippen LogP contribution in [0.1, 0.15) is 16.8 Å². The van der Waals surface area contributed by atoms with Crippen LogP contribution in [-0.4, -0.2) is 41.3 Å². The number of hydrogen-bond acceptors (Lipinski definition) is 5. The fourth-order valence-electron chi connectivity index (χ4n) is 2.53. The summed E-state index contributed by atoms with van der Waals surface area (Å²) in [5, 5.41) is 18.9. The summed E-state index contributed by atoms with van der Waals surface area (Å²) in [6.07, 6.45) is -2.37. The molecule has 0 bridgehead atoms. The highest BCUT2D eigenvalue weighted by atomic mass is 16.6. The van der Waals surface area contributed by atoms with Crippen molar-refractivity contribution in [2.75, 3.05) is 6.61 Å². The second-order valence-corrected chi connectivity index (χ2v) is 5.47. The molecule has 0 spiro atoms. The molecule has 1 heterocycles. The van der Waals surface area contributed by atoms with Crippen molar-refractivity contribution in [2.24, 2.45) is 0 Å². The highest BCUT2D eigenvalue weighted by molar-refractivity contribution is 5.90. The van der Waals surface area contributed by atoms with E-state index in [2.05, 4.69) is 0 Å². The van der Waals surface area contributed by atoms with E-state index in [0.29, 0.717) is 5.56 Å². The van der Waals surface area contributed by atoms with E-state index < -0.39 is 24.5 Å². The summed E-state index contributed by atoms with van der Waals surface area (Å²) >= 11 is 0. The number of aliphatic hydroxyl groups excluding tert-OH is 2. The van der Waals surface area contributed by atoms with Gasteiger partial charge in [-0.3, -0.25) is 0 Å². The maximum Gasteiger partial charge on any atom is 0.338 e. The highest BCUT2D eigenvalue weighted by Crippen LogP contribution is 2.21. The van der Waals surface area contributed by atoms with Gasteiger partial charge in [0, 0.05) is 6.42 Å². The number of carbonyl (C=O) groups excluding carboxylic acids is 1. The third kappa shape index (κ3) is 3.76. The molecular formula is C18H18O5. The smallest absolute Gasteiger partial charge is 0.338 e. The van der Waals surface area contributed by atoms with E-state index in [9.17, 15) is 15.0 Å². The lowest BCUT2D eigenvalue weighted by atomic mass is 10.0. The molecule has 0 radical (unpaired) electrons. The van der Waals surface area contributed by atoms with E-state index in [1.807, 2.05) is 42.5 Å². The zero-order valence-corrected chi connectivity index (χ0v) is 12.5. The minimum Gasteiger partial charge on any atom is -0.459 e. The van der Waals surface area contributed by atoms with E-state index >= 15 is 0 Å². The molecule has 23 heavy (non-hydrogen) atoms. The zero-order chi connectivity index (χ0) is 16.2. The standard InChI is InChI=1S/C18H18O5/c19-15-10-17(20)23-16(15)11-22-18(21)14-8-6-13(7-9-14)12-4-2-1-3-5-12/h1-9,15-17,19-20H,10-11H2/t15-,16+,17-/m0/s1. The molecular weight excluding hydrogens is 296 g/mol. The van der Waals surface area contributed by atoms with Crippen molar-refractivity contribution >= 4 is 5.97 Å². The Labute approximate surface area is 134 Å². The van der Waals surface area contributed by atoms with E-state index in [1.54, 1.807) is 12.1 Å². The van der Waals surface area contributed by atoms with Crippen molar-refractivity contribution in [1.82, 2.24) is 0 Å². The van der Waals surface area contributed by atoms with Gasteiger partial charge in [0.25, 0.3) is 0 Å². The van der Waals surface area contributed by atoms with Gasteiger partial charge < -0.3 is 19.7 Å². The monoisotopic (exact) mass is 314 g/mol. The first-order valence-electron chi connectivity index (χ1n) is 7.47. The van der Waals surface area contributed by atoms with Gasteiger partial charge in [-0.25, -0.2) is 4.79 Å². The molecule has 0 amide bonds. The minimum absolute atomic E-state index is 0.0858. The van der Waals surface area contributed by atoms with Crippen LogP contribution < -0.4 is 0 Å². The molecule has 1 saturated heterocycles. The first kappa shape index (κ1) is 15.7. The summed E-state index contributed by atoms with van der Waals surface area (Å²) in [5.74, 6) is -0.484. The Balaban J connectivity index is 1.60. The topological polar surface area (TPSA) is 76.0 Å². The van der Waals surface area contributed by atoms with Gasteiger partial charge in [-0.15, -0.1) is 0 Å². The maximum atomic E-state index is 12.0. The predicted octanol–water partition coefficient (Wildman–Crippen LogP) is 1.98. The zero-order valence-electron chi connectivity index (χ0n) is 12.5. The lowest BCUT2D eigenvalue weighted by molar-refractivity contribution is -0.109. The molecule has 3 rings (SSSR count). The van der Waals surface area contributed by atoms with E-state index in [-0.39, 0.29) is 13.0 Å². The molecule has 1 aliphatic heterocycles. The second-order valence-electron chi connectivity index (χ2n) is 5.47. The largest absolute Gasteiger partial charge is 0.459 e. The number of hydrogen-bond donors (Lipinski definition) is 2. The van der Waals surface area contributed by atoms with Gasteiger partial charge in [-0.1, -0.05) is 42.5 Å². The van der Waals surface area contributed by atoms with Crippen molar-refractivity contribution in [3.8, 4) is 11.1 Å². The SMILES string of the molecule is O=C(OC[C@H]1O[C@H](O)C[C@@H]1O)c1ccc(-c2ccccc2)cc1. The molecule has 5 nitrogen and oxygen atoms in total. The Morgan fingerprint density at radius 1 is 1.04 bits per heavy atom. The molecule has 120 valence electrons. The molecule has 0 unspecified atom stereocenters. The summed E-state index contributed by atoms with van der Waals surface area (Å²) in [4.78, 5) is 12.0. The van der Waals surface area contributed by atoms with Crippen molar-refractivity contribution in [3.05, 3.63) is 60.2 Å². The number of carbonyl (C=O) groups is 1. The third-order valence-electron chi connectivity index (χ3n) is 3.81. The van der Waals surface area contributed by atoms with Crippen LogP contribution in [0, 0.1) is 0 Å². The summed E-state index contributed by atoms with van der Waals surface area (Å²) in [6, 6.07) is 17.0. The highest BCUT2D eigenvalue weighted by Gasteiger charge is 2.33.